The predicted molar refractivity (Wildman–Crippen MR) is 203 cm³/mol. The molecule has 1 N–H and O–H groups in total. The maximum Gasteiger partial charge on any atom is 0.192 e. The lowest BCUT2D eigenvalue weighted by atomic mass is 9.93. The number of likely N-dealkylation sites (N-methyl/N-ethyl adjacent to an activating group) is 1. The molecule has 1 aliphatic rings. The van der Waals surface area contributed by atoms with Crippen LogP contribution in [0.15, 0.2) is 60.8 Å². The van der Waals surface area contributed by atoms with E-state index in [0.29, 0.717) is 6.61 Å². The highest BCUT2D eigenvalue weighted by Crippen LogP contribution is 2.38. The minimum Gasteiger partial charge on any atom is -0.598 e. The summed E-state index contributed by atoms with van der Waals surface area (Å²) in [4.78, 5) is 12.6. The van der Waals surface area contributed by atoms with Gasteiger partial charge in [-0.25, -0.2) is 9.67 Å². The number of hydrogen-bond donors (Lipinski definition) is 1. The van der Waals surface area contributed by atoms with Crippen LogP contribution in [0.5, 0.6) is 0 Å². The Hall–Kier alpha value is -2.86. The van der Waals surface area contributed by atoms with Gasteiger partial charge in [-0.05, 0) is 106 Å². The van der Waals surface area contributed by atoms with E-state index in [9.17, 15) is 4.55 Å². The molecular formula is C38H54N6O2SSi. The van der Waals surface area contributed by atoms with Crippen LogP contribution in [0.1, 0.15) is 90.7 Å². The van der Waals surface area contributed by atoms with Gasteiger partial charge in [0.05, 0.1) is 41.4 Å². The van der Waals surface area contributed by atoms with Gasteiger partial charge in [-0.15, -0.1) is 4.72 Å². The topological polar surface area (TPSA) is 91.2 Å². The van der Waals surface area contributed by atoms with Gasteiger partial charge in [0.1, 0.15) is 4.75 Å². The summed E-state index contributed by atoms with van der Waals surface area (Å²) in [7, 11) is 0.231. The van der Waals surface area contributed by atoms with Gasteiger partial charge in [-0.3, -0.25) is 4.98 Å². The number of aromatic nitrogens is 4. The molecule has 0 unspecified atom stereocenters. The Balaban J connectivity index is 1.58. The maximum absolute atomic E-state index is 13.1. The van der Waals surface area contributed by atoms with Crippen LogP contribution in [-0.2, 0) is 22.4 Å². The Morgan fingerprint density at radius 3 is 2.46 bits per heavy atom. The van der Waals surface area contributed by atoms with Gasteiger partial charge < -0.3 is 13.9 Å². The summed E-state index contributed by atoms with van der Waals surface area (Å²) in [6.45, 7) is 21.8. The molecule has 10 heteroatoms. The van der Waals surface area contributed by atoms with Crippen molar-refractivity contribution >= 4 is 36.2 Å². The lowest BCUT2D eigenvalue weighted by molar-refractivity contribution is 0.272. The zero-order chi connectivity index (χ0) is 34.9. The fraction of sp³-hybridized carbons (Fsp3) is 0.500. The van der Waals surface area contributed by atoms with Crippen LogP contribution in [0.25, 0.3) is 33.6 Å². The molecule has 8 nitrogen and oxygen atoms in total. The summed E-state index contributed by atoms with van der Waals surface area (Å²) in [6, 6.07) is 16.6. The second-order valence-corrected chi connectivity index (χ2v) is 22.4. The number of pyridine rings is 2. The van der Waals surface area contributed by atoms with Crippen LogP contribution in [-0.4, -0.2) is 62.4 Å². The van der Waals surface area contributed by atoms with Crippen LogP contribution in [0.4, 0.5) is 0 Å². The Morgan fingerprint density at radius 2 is 1.79 bits per heavy atom. The number of fused-ring (bicyclic) bond motifs is 1. The number of nitrogens with zero attached hydrogens (tertiary/aromatic N) is 5. The van der Waals surface area contributed by atoms with Gasteiger partial charge in [0, 0.05) is 35.4 Å². The monoisotopic (exact) mass is 686 g/mol. The number of nitrogens with one attached hydrogen (secondary N) is 1. The van der Waals surface area contributed by atoms with E-state index in [4.69, 9.17) is 19.5 Å². The minimum atomic E-state index is -1.93. The van der Waals surface area contributed by atoms with Crippen molar-refractivity contribution in [3.05, 3.63) is 77.8 Å². The van der Waals surface area contributed by atoms with Gasteiger partial charge in [0.15, 0.2) is 14.1 Å². The van der Waals surface area contributed by atoms with E-state index in [2.05, 4.69) is 87.8 Å². The Kier molecular flexibility index (Phi) is 11.0. The van der Waals surface area contributed by atoms with E-state index in [-0.39, 0.29) is 15.8 Å². The highest BCUT2D eigenvalue weighted by Gasteiger charge is 2.37. The minimum absolute atomic E-state index is 0.110. The molecule has 1 aliphatic heterocycles. The fourth-order valence-corrected chi connectivity index (χ4v) is 7.33. The third kappa shape index (κ3) is 8.29. The molecule has 258 valence electrons. The second kappa shape index (κ2) is 14.5. The smallest absolute Gasteiger partial charge is 0.192 e. The first-order valence-electron chi connectivity index (χ1n) is 17.2. The van der Waals surface area contributed by atoms with Crippen molar-refractivity contribution in [1.29, 1.82) is 0 Å². The Bertz CT molecular complexity index is 1760. The van der Waals surface area contributed by atoms with Gasteiger partial charge in [-0.2, -0.15) is 5.10 Å². The van der Waals surface area contributed by atoms with Crippen molar-refractivity contribution in [1.82, 2.24) is 29.4 Å². The van der Waals surface area contributed by atoms with Crippen molar-refractivity contribution in [3.8, 4) is 17.1 Å². The fourth-order valence-electron chi connectivity index (χ4n) is 5.54. The Labute approximate surface area is 291 Å². The quantitative estimate of drug-likeness (QED) is 0.125. The molecule has 4 aromatic rings. The molecule has 0 radical (unpaired) electrons. The van der Waals surface area contributed by atoms with E-state index < -0.39 is 19.7 Å². The summed E-state index contributed by atoms with van der Waals surface area (Å²) in [5.41, 5.74) is 7.19. The summed E-state index contributed by atoms with van der Waals surface area (Å²) in [5, 5.41) is 6.13. The normalized spacial score (nSPS) is 16.3. The molecule has 5 rings (SSSR count). The second-order valence-electron chi connectivity index (χ2n) is 15.6. The van der Waals surface area contributed by atoms with Crippen molar-refractivity contribution in [2.45, 2.75) is 103 Å². The maximum atomic E-state index is 13.1. The first-order valence-corrected chi connectivity index (χ1v) is 21.3. The highest BCUT2D eigenvalue weighted by molar-refractivity contribution is 7.90. The van der Waals surface area contributed by atoms with Gasteiger partial charge in [-0.1, -0.05) is 52.3 Å². The lowest BCUT2D eigenvalue weighted by Gasteiger charge is -2.36. The zero-order valence-corrected chi connectivity index (χ0v) is 32.4. The average Bonchev–Trinajstić information content (AvgIpc) is 3.47. The molecule has 4 heterocycles. The lowest BCUT2D eigenvalue weighted by Crippen LogP contribution is -2.41. The van der Waals surface area contributed by atoms with E-state index >= 15 is 0 Å². The number of hydrogen-bond acceptors (Lipinski definition) is 7. The molecule has 3 aromatic heterocycles. The molecule has 0 saturated carbocycles. The van der Waals surface area contributed by atoms with Crippen LogP contribution in [0.3, 0.4) is 0 Å². The van der Waals surface area contributed by atoms with Crippen molar-refractivity contribution in [2.24, 2.45) is 0 Å². The van der Waals surface area contributed by atoms with E-state index in [1.54, 1.807) is 0 Å². The summed E-state index contributed by atoms with van der Waals surface area (Å²) in [5.74, 6) is 0.764. The largest absolute Gasteiger partial charge is 0.598 e. The van der Waals surface area contributed by atoms with Crippen molar-refractivity contribution in [2.75, 3.05) is 20.1 Å². The summed E-state index contributed by atoms with van der Waals surface area (Å²) < 4.78 is 24.6. The predicted octanol–water partition coefficient (Wildman–Crippen LogP) is 8.62. The molecule has 0 saturated heterocycles. The third-order valence-corrected chi connectivity index (χ3v) is 15.7. The molecule has 0 fully saturated rings. The van der Waals surface area contributed by atoms with E-state index in [0.717, 1.165) is 71.7 Å². The molecule has 0 bridgehead atoms. The van der Waals surface area contributed by atoms with Crippen LogP contribution >= 0.6 is 0 Å². The molecule has 0 amide bonds. The van der Waals surface area contributed by atoms with Crippen LogP contribution in [0.2, 0.25) is 18.1 Å². The van der Waals surface area contributed by atoms with Gasteiger partial charge in [0.2, 0.25) is 0 Å². The van der Waals surface area contributed by atoms with E-state index in [1.807, 2.05) is 55.9 Å². The number of benzene rings is 1. The molecule has 0 aliphatic carbocycles. The summed E-state index contributed by atoms with van der Waals surface area (Å²) in [6.07, 6.45) is 7.07. The van der Waals surface area contributed by atoms with Crippen LogP contribution in [0, 0.1) is 0 Å². The number of rotatable bonds is 11. The van der Waals surface area contributed by atoms with Crippen LogP contribution < -0.4 is 4.72 Å². The van der Waals surface area contributed by atoms with Crippen molar-refractivity contribution < 1.29 is 8.98 Å². The molecule has 48 heavy (non-hydrogen) atoms. The molecule has 1 aromatic carbocycles. The average molecular weight is 687 g/mol. The van der Waals surface area contributed by atoms with Crippen molar-refractivity contribution in [3.63, 3.8) is 0 Å². The molecule has 0 spiro atoms. The molecular weight excluding hydrogens is 633 g/mol. The first kappa shape index (κ1) is 36.4. The molecule has 2 atom stereocenters. The third-order valence-electron chi connectivity index (χ3n) is 9.65. The Morgan fingerprint density at radius 1 is 1.04 bits per heavy atom. The van der Waals surface area contributed by atoms with Gasteiger partial charge in [0.25, 0.3) is 0 Å². The van der Waals surface area contributed by atoms with E-state index in [1.165, 1.54) is 11.1 Å². The summed E-state index contributed by atoms with van der Waals surface area (Å²) >= 11 is -1.21. The highest BCUT2D eigenvalue weighted by atomic mass is 32.2. The first-order chi connectivity index (χ1) is 22.6. The zero-order valence-electron chi connectivity index (χ0n) is 30.6. The standard InChI is InChI=1S/C38H54N6O2SSi/c1-11-14-34(42-47(45)37(2,3)4)33-17-13-16-32(41-33)28-23-30(27-19-21-43(8)22-20-27)31-25-39-44(35(31)24-28)36-18-12-15-29(40-36)26-46-48(9,10)38(5,6)7/h12-13,15-19,23-25,34,42H,11,14,20-22,26H2,1-10H3/t34-,47+/m0/s1. The SMILES string of the molecule is CCC[C@H](N[S@+]([O-])C(C)(C)C)c1cccc(-c2cc(C3=CCN(C)CC3)c3cnn(-c4cccc(CO[Si](C)(C)C(C)(C)C)n4)c3c2)n1. The van der Waals surface area contributed by atoms with Gasteiger partial charge >= 0.3 is 0 Å².